The summed E-state index contributed by atoms with van der Waals surface area (Å²) in [4.78, 5) is 24.6. The van der Waals surface area contributed by atoms with Crippen LogP contribution in [0.3, 0.4) is 0 Å². The lowest BCUT2D eigenvalue weighted by Crippen LogP contribution is -2.08. The quantitative estimate of drug-likeness (QED) is 0.188. The minimum atomic E-state index is -1.13. The fraction of sp³-hybridized carbons (Fsp3) is 0.194. The molecule has 1 N–H and O–H groups in total. The van der Waals surface area contributed by atoms with Gasteiger partial charge in [-0.2, -0.15) is 0 Å². The van der Waals surface area contributed by atoms with Gasteiger partial charge in [-0.15, -0.1) is 0 Å². The van der Waals surface area contributed by atoms with Gasteiger partial charge in [0, 0.05) is 46.4 Å². The Morgan fingerprint density at radius 3 is 2.48 bits per heavy atom. The number of carboxylic acids is 1. The number of benzene rings is 3. The highest BCUT2D eigenvalue weighted by Gasteiger charge is 2.22. The fourth-order valence-corrected chi connectivity index (χ4v) is 4.48. The van der Waals surface area contributed by atoms with Crippen LogP contribution >= 0.6 is 0 Å². The molecule has 216 valence electrons. The SMILES string of the molecule is COC(=O)c1ccccc1COc1cc(OC)ccc1-c1nocc1/C=C(\Cc1cc2c(cc1OC)OCO2)C(=O)O. The molecule has 42 heavy (non-hydrogen) atoms. The van der Waals surface area contributed by atoms with Crippen LogP contribution in [0.1, 0.15) is 27.0 Å². The number of rotatable bonds is 11. The van der Waals surface area contributed by atoms with E-state index in [1.165, 1.54) is 33.7 Å². The summed E-state index contributed by atoms with van der Waals surface area (Å²) in [5.74, 6) is 0.796. The van der Waals surface area contributed by atoms with Crippen LogP contribution < -0.4 is 23.7 Å². The van der Waals surface area contributed by atoms with E-state index in [2.05, 4.69) is 5.16 Å². The second-order valence-electron chi connectivity index (χ2n) is 9.09. The highest BCUT2D eigenvalue weighted by atomic mass is 16.7. The number of ether oxygens (including phenoxy) is 6. The third-order valence-corrected chi connectivity index (χ3v) is 6.61. The topological polar surface area (TPSA) is 136 Å². The molecule has 0 radical (unpaired) electrons. The van der Waals surface area contributed by atoms with Gasteiger partial charge in [-0.25, -0.2) is 9.59 Å². The smallest absolute Gasteiger partial charge is 0.338 e. The summed E-state index contributed by atoms with van der Waals surface area (Å²) in [6.45, 7) is 0.118. The normalized spacial score (nSPS) is 12.1. The van der Waals surface area contributed by atoms with Crippen molar-refractivity contribution in [1.29, 1.82) is 0 Å². The maximum absolute atomic E-state index is 12.3. The number of esters is 1. The summed E-state index contributed by atoms with van der Waals surface area (Å²) in [6.07, 6.45) is 2.87. The molecule has 11 nitrogen and oxygen atoms in total. The summed E-state index contributed by atoms with van der Waals surface area (Å²) in [5, 5.41) is 14.2. The number of aromatic nitrogens is 1. The van der Waals surface area contributed by atoms with Crippen molar-refractivity contribution >= 4 is 18.0 Å². The summed E-state index contributed by atoms with van der Waals surface area (Å²) < 4.78 is 38.0. The number of nitrogens with zero attached hydrogens (tertiary/aromatic N) is 1. The van der Waals surface area contributed by atoms with E-state index < -0.39 is 11.9 Å². The number of carbonyl (C=O) groups excluding carboxylic acids is 1. The highest BCUT2D eigenvalue weighted by molar-refractivity contribution is 5.94. The molecule has 0 unspecified atom stereocenters. The summed E-state index contributed by atoms with van der Waals surface area (Å²) in [6, 6.07) is 15.4. The maximum Gasteiger partial charge on any atom is 0.338 e. The number of carbonyl (C=O) groups is 2. The molecule has 1 aliphatic rings. The Morgan fingerprint density at radius 1 is 0.952 bits per heavy atom. The average molecular weight is 574 g/mol. The van der Waals surface area contributed by atoms with Crippen LogP contribution in [0.5, 0.6) is 28.7 Å². The van der Waals surface area contributed by atoms with E-state index in [4.69, 9.17) is 32.9 Å². The van der Waals surface area contributed by atoms with Crippen molar-refractivity contribution in [3.05, 3.63) is 88.7 Å². The van der Waals surface area contributed by atoms with Crippen LogP contribution in [0.4, 0.5) is 0 Å². The Bertz CT molecular complexity index is 1660. The predicted molar refractivity (Wildman–Crippen MR) is 149 cm³/mol. The van der Waals surface area contributed by atoms with Crippen LogP contribution in [0.15, 0.2) is 71.0 Å². The molecular weight excluding hydrogens is 546 g/mol. The van der Waals surface area contributed by atoms with Gasteiger partial charge in [-0.05, 0) is 30.3 Å². The van der Waals surface area contributed by atoms with Crippen molar-refractivity contribution in [3.8, 4) is 40.0 Å². The van der Waals surface area contributed by atoms with Gasteiger partial charge in [-0.3, -0.25) is 0 Å². The average Bonchev–Trinajstić information content (AvgIpc) is 3.67. The minimum Gasteiger partial charge on any atom is -0.497 e. The summed E-state index contributed by atoms with van der Waals surface area (Å²) in [5.41, 5.74) is 2.94. The molecule has 0 spiro atoms. The van der Waals surface area contributed by atoms with E-state index >= 15 is 0 Å². The van der Waals surface area contributed by atoms with Crippen LogP contribution in [0.2, 0.25) is 0 Å². The Hall–Kier alpha value is -5.45. The van der Waals surface area contributed by atoms with Gasteiger partial charge < -0.3 is 38.1 Å². The number of fused-ring (bicyclic) bond motifs is 1. The van der Waals surface area contributed by atoms with Gasteiger partial charge >= 0.3 is 11.9 Å². The lowest BCUT2D eigenvalue weighted by Gasteiger charge is -2.14. The molecule has 2 heterocycles. The van der Waals surface area contributed by atoms with Crippen molar-refractivity contribution in [1.82, 2.24) is 5.16 Å². The van der Waals surface area contributed by atoms with Gasteiger partial charge in [0.05, 0.1) is 26.9 Å². The molecule has 4 aromatic rings. The number of methoxy groups -OCH3 is 3. The first-order chi connectivity index (χ1) is 20.4. The van der Waals surface area contributed by atoms with Crippen LogP contribution in [-0.2, 0) is 22.6 Å². The maximum atomic E-state index is 12.3. The molecular formula is C31H27NO10. The van der Waals surface area contributed by atoms with Crippen molar-refractivity contribution < 1.29 is 47.6 Å². The molecule has 0 saturated heterocycles. The van der Waals surface area contributed by atoms with E-state index in [1.807, 2.05) is 0 Å². The first kappa shape index (κ1) is 28.1. The van der Waals surface area contributed by atoms with Gasteiger partial charge in [-0.1, -0.05) is 23.4 Å². The second kappa shape index (κ2) is 12.4. The Kier molecular flexibility index (Phi) is 8.28. The Labute approximate surface area is 240 Å². The van der Waals surface area contributed by atoms with Crippen LogP contribution in [-0.4, -0.2) is 50.3 Å². The van der Waals surface area contributed by atoms with E-state index in [0.717, 1.165) is 0 Å². The molecule has 5 rings (SSSR count). The van der Waals surface area contributed by atoms with E-state index in [1.54, 1.807) is 54.6 Å². The molecule has 0 saturated carbocycles. The van der Waals surface area contributed by atoms with Gasteiger partial charge in [0.1, 0.15) is 35.8 Å². The van der Waals surface area contributed by atoms with E-state index in [0.29, 0.717) is 62.3 Å². The molecule has 0 bridgehead atoms. The first-order valence-electron chi connectivity index (χ1n) is 12.7. The number of aliphatic carboxylic acids is 1. The van der Waals surface area contributed by atoms with Gasteiger partial charge in [0.2, 0.25) is 6.79 Å². The van der Waals surface area contributed by atoms with Crippen molar-refractivity contribution in [2.75, 3.05) is 28.1 Å². The summed E-state index contributed by atoms with van der Waals surface area (Å²) in [7, 11) is 4.34. The molecule has 11 heteroatoms. The lowest BCUT2D eigenvalue weighted by molar-refractivity contribution is -0.132. The summed E-state index contributed by atoms with van der Waals surface area (Å²) >= 11 is 0. The highest BCUT2D eigenvalue weighted by Crippen LogP contribution is 2.40. The van der Waals surface area contributed by atoms with Crippen molar-refractivity contribution in [2.24, 2.45) is 0 Å². The zero-order valence-electron chi connectivity index (χ0n) is 23.0. The second-order valence-corrected chi connectivity index (χ2v) is 9.09. The molecule has 0 atom stereocenters. The Morgan fingerprint density at radius 2 is 1.74 bits per heavy atom. The predicted octanol–water partition coefficient (Wildman–Crippen LogP) is 5.16. The Balaban J connectivity index is 1.49. The lowest BCUT2D eigenvalue weighted by atomic mass is 9.99. The third-order valence-electron chi connectivity index (χ3n) is 6.61. The fourth-order valence-electron chi connectivity index (χ4n) is 4.48. The molecule has 0 amide bonds. The third kappa shape index (κ3) is 5.85. The van der Waals surface area contributed by atoms with Crippen molar-refractivity contribution in [3.63, 3.8) is 0 Å². The molecule has 0 aliphatic carbocycles. The van der Waals surface area contributed by atoms with Gasteiger partial charge in [0.15, 0.2) is 11.5 Å². The number of carboxylic acid groups (broad SMARTS) is 1. The van der Waals surface area contributed by atoms with Crippen LogP contribution in [0, 0.1) is 0 Å². The largest absolute Gasteiger partial charge is 0.497 e. The molecule has 1 aliphatic heterocycles. The van der Waals surface area contributed by atoms with E-state index in [9.17, 15) is 14.7 Å². The molecule has 0 fully saturated rings. The van der Waals surface area contributed by atoms with Crippen LogP contribution in [0.25, 0.3) is 17.3 Å². The number of hydrogen-bond donors (Lipinski definition) is 1. The monoisotopic (exact) mass is 573 g/mol. The molecule has 1 aromatic heterocycles. The van der Waals surface area contributed by atoms with E-state index in [-0.39, 0.29) is 25.4 Å². The van der Waals surface area contributed by atoms with Gasteiger partial charge in [0.25, 0.3) is 0 Å². The van der Waals surface area contributed by atoms with Crippen molar-refractivity contribution in [2.45, 2.75) is 13.0 Å². The first-order valence-corrected chi connectivity index (χ1v) is 12.7. The molecule has 3 aromatic carbocycles. The standard InChI is InChI=1S/C31H27NO10/c1-36-22-8-9-24(26(13-22)39-15-18-6-4-5-7-23(18)31(35)38-3)29-21(16-42-32-29)11-20(30(33)34)10-19-12-27-28(41-17-40-27)14-25(19)37-2/h4-9,11-14,16H,10,15,17H2,1-3H3,(H,33,34)/b20-11+. The zero-order valence-corrected chi connectivity index (χ0v) is 23.0. The number of hydrogen-bond acceptors (Lipinski definition) is 10. The zero-order chi connectivity index (χ0) is 29.6. The minimum absolute atomic E-state index is 0.0239.